The van der Waals surface area contributed by atoms with Crippen LogP contribution >= 0.6 is 0 Å². The molecule has 0 saturated carbocycles. The standard InChI is InChI=1S/C12H19FN2/c1-15(9-4-8-14)10-7-11-5-2-3-6-12(11)13/h2-3,5-6H,4,7-10,14H2,1H3. The van der Waals surface area contributed by atoms with Crippen LogP contribution in [0.2, 0.25) is 0 Å². The van der Waals surface area contributed by atoms with E-state index in [1.807, 2.05) is 19.2 Å². The van der Waals surface area contributed by atoms with E-state index in [2.05, 4.69) is 4.90 Å². The number of nitrogens with zero attached hydrogens (tertiary/aromatic N) is 1. The van der Waals surface area contributed by atoms with Crippen molar-refractivity contribution < 1.29 is 4.39 Å². The normalized spacial score (nSPS) is 10.9. The maximum atomic E-state index is 13.3. The number of rotatable bonds is 6. The number of hydrogen-bond donors (Lipinski definition) is 1. The number of benzene rings is 1. The van der Waals surface area contributed by atoms with Gasteiger partial charge in [-0.25, -0.2) is 4.39 Å². The molecule has 0 aliphatic carbocycles. The van der Waals surface area contributed by atoms with Gasteiger partial charge in [-0.05, 0) is 44.6 Å². The lowest BCUT2D eigenvalue weighted by Gasteiger charge is -2.15. The molecule has 0 atom stereocenters. The third-order valence-corrected chi connectivity index (χ3v) is 2.46. The average molecular weight is 210 g/mol. The van der Waals surface area contributed by atoms with E-state index >= 15 is 0 Å². The largest absolute Gasteiger partial charge is 0.330 e. The fourth-order valence-electron chi connectivity index (χ4n) is 1.49. The van der Waals surface area contributed by atoms with Crippen molar-refractivity contribution in [3.8, 4) is 0 Å². The zero-order valence-corrected chi connectivity index (χ0v) is 9.25. The molecule has 0 radical (unpaired) electrons. The molecule has 15 heavy (non-hydrogen) atoms. The molecule has 1 aromatic rings. The van der Waals surface area contributed by atoms with Crippen molar-refractivity contribution in [2.24, 2.45) is 5.73 Å². The zero-order chi connectivity index (χ0) is 11.1. The second-order valence-corrected chi connectivity index (χ2v) is 3.79. The maximum absolute atomic E-state index is 13.3. The number of halogens is 1. The molecule has 0 unspecified atom stereocenters. The minimum atomic E-state index is -0.107. The molecule has 0 bridgehead atoms. The highest BCUT2D eigenvalue weighted by atomic mass is 19.1. The van der Waals surface area contributed by atoms with E-state index in [-0.39, 0.29) is 5.82 Å². The van der Waals surface area contributed by atoms with E-state index in [0.717, 1.165) is 31.5 Å². The van der Waals surface area contributed by atoms with Crippen molar-refractivity contribution >= 4 is 0 Å². The Hall–Kier alpha value is -0.930. The van der Waals surface area contributed by atoms with Crippen LogP contribution in [-0.2, 0) is 6.42 Å². The highest BCUT2D eigenvalue weighted by Crippen LogP contribution is 2.07. The predicted molar refractivity (Wildman–Crippen MR) is 61.3 cm³/mol. The molecule has 0 aliphatic rings. The molecule has 0 amide bonds. The number of nitrogens with two attached hydrogens (primary N) is 1. The average Bonchev–Trinajstić information content (AvgIpc) is 2.25. The monoisotopic (exact) mass is 210 g/mol. The molecule has 0 heterocycles. The third-order valence-electron chi connectivity index (χ3n) is 2.46. The van der Waals surface area contributed by atoms with Gasteiger partial charge in [0, 0.05) is 6.54 Å². The van der Waals surface area contributed by atoms with Crippen LogP contribution in [-0.4, -0.2) is 31.6 Å². The van der Waals surface area contributed by atoms with Gasteiger partial charge >= 0.3 is 0 Å². The highest BCUT2D eigenvalue weighted by Gasteiger charge is 2.02. The van der Waals surface area contributed by atoms with Crippen LogP contribution < -0.4 is 5.73 Å². The van der Waals surface area contributed by atoms with E-state index in [4.69, 9.17) is 5.73 Å². The van der Waals surface area contributed by atoms with Gasteiger partial charge in [-0.1, -0.05) is 18.2 Å². The quantitative estimate of drug-likeness (QED) is 0.773. The smallest absolute Gasteiger partial charge is 0.126 e. The molecular weight excluding hydrogens is 191 g/mol. The molecule has 1 aromatic carbocycles. The Bertz CT molecular complexity index is 289. The first-order valence-corrected chi connectivity index (χ1v) is 5.36. The summed E-state index contributed by atoms with van der Waals surface area (Å²) in [5.41, 5.74) is 6.21. The fraction of sp³-hybridized carbons (Fsp3) is 0.500. The predicted octanol–water partition coefficient (Wildman–Crippen LogP) is 1.65. The molecule has 0 saturated heterocycles. The van der Waals surface area contributed by atoms with E-state index < -0.39 is 0 Å². The van der Waals surface area contributed by atoms with Crippen LogP contribution in [0.25, 0.3) is 0 Å². The molecule has 0 aliphatic heterocycles. The molecule has 0 aromatic heterocycles. The molecule has 84 valence electrons. The first kappa shape index (κ1) is 12.1. The summed E-state index contributed by atoms with van der Waals surface area (Å²) >= 11 is 0. The van der Waals surface area contributed by atoms with Gasteiger partial charge in [0.15, 0.2) is 0 Å². The molecule has 1 rings (SSSR count). The van der Waals surface area contributed by atoms with Crippen molar-refractivity contribution in [2.45, 2.75) is 12.8 Å². The molecule has 3 heteroatoms. The second kappa shape index (κ2) is 6.53. The fourth-order valence-corrected chi connectivity index (χ4v) is 1.49. The summed E-state index contributed by atoms with van der Waals surface area (Å²) in [5, 5.41) is 0. The summed E-state index contributed by atoms with van der Waals surface area (Å²) in [6.45, 7) is 2.57. The van der Waals surface area contributed by atoms with Crippen molar-refractivity contribution in [2.75, 3.05) is 26.7 Å². The van der Waals surface area contributed by atoms with Crippen LogP contribution in [0.5, 0.6) is 0 Å². The van der Waals surface area contributed by atoms with Crippen molar-refractivity contribution in [3.63, 3.8) is 0 Å². The summed E-state index contributed by atoms with van der Waals surface area (Å²) in [4.78, 5) is 2.18. The van der Waals surface area contributed by atoms with Crippen molar-refractivity contribution in [1.82, 2.24) is 4.90 Å². The second-order valence-electron chi connectivity index (χ2n) is 3.79. The van der Waals surface area contributed by atoms with Crippen LogP contribution in [0.1, 0.15) is 12.0 Å². The minimum absolute atomic E-state index is 0.107. The van der Waals surface area contributed by atoms with Crippen molar-refractivity contribution in [3.05, 3.63) is 35.6 Å². The van der Waals surface area contributed by atoms with Gasteiger partial charge < -0.3 is 10.6 Å². The molecule has 0 spiro atoms. The Morgan fingerprint density at radius 3 is 2.67 bits per heavy atom. The van der Waals surface area contributed by atoms with Gasteiger partial charge in [0.25, 0.3) is 0 Å². The lowest BCUT2D eigenvalue weighted by Crippen LogP contribution is -2.24. The summed E-state index contributed by atoms with van der Waals surface area (Å²) in [6, 6.07) is 6.94. The Morgan fingerprint density at radius 2 is 2.00 bits per heavy atom. The van der Waals surface area contributed by atoms with E-state index in [1.165, 1.54) is 6.07 Å². The summed E-state index contributed by atoms with van der Waals surface area (Å²) < 4.78 is 13.3. The van der Waals surface area contributed by atoms with Crippen LogP contribution in [0.4, 0.5) is 4.39 Å². The lowest BCUT2D eigenvalue weighted by atomic mass is 10.1. The van der Waals surface area contributed by atoms with Gasteiger partial charge in [-0.2, -0.15) is 0 Å². The Kier molecular flexibility index (Phi) is 5.29. The maximum Gasteiger partial charge on any atom is 0.126 e. The molecule has 2 N–H and O–H groups in total. The Labute approximate surface area is 90.9 Å². The van der Waals surface area contributed by atoms with Crippen molar-refractivity contribution in [1.29, 1.82) is 0 Å². The Morgan fingerprint density at radius 1 is 1.27 bits per heavy atom. The van der Waals surface area contributed by atoms with Gasteiger partial charge in [0.05, 0.1) is 0 Å². The van der Waals surface area contributed by atoms with Crippen LogP contribution in [0.3, 0.4) is 0 Å². The lowest BCUT2D eigenvalue weighted by molar-refractivity contribution is 0.334. The van der Waals surface area contributed by atoms with E-state index in [9.17, 15) is 4.39 Å². The van der Waals surface area contributed by atoms with Gasteiger partial charge in [-0.15, -0.1) is 0 Å². The molecule has 2 nitrogen and oxygen atoms in total. The SMILES string of the molecule is CN(CCCN)CCc1ccccc1F. The van der Waals surface area contributed by atoms with Crippen LogP contribution in [0, 0.1) is 5.82 Å². The molecular formula is C12H19FN2. The highest BCUT2D eigenvalue weighted by molar-refractivity contribution is 5.17. The van der Waals surface area contributed by atoms with Gasteiger partial charge in [-0.3, -0.25) is 0 Å². The minimum Gasteiger partial charge on any atom is -0.330 e. The van der Waals surface area contributed by atoms with Gasteiger partial charge in [0.1, 0.15) is 5.82 Å². The Balaban J connectivity index is 2.33. The van der Waals surface area contributed by atoms with Crippen LogP contribution in [0.15, 0.2) is 24.3 Å². The first-order valence-electron chi connectivity index (χ1n) is 5.36. The summed E-state index contributed by atoms with van der Waals surface area (Å²) in [6.07, 6.45) is 1.75. The van der Waals surface area contributed by atoms with E-state index in [0.29, 0.717) is 6.54 Å². The third kappa shape index (κ3) is 4.40. The first-order chi connectivity index (χ1) is 7.24. The molecule has 0 fully saturated rings. The topological polar surface area (TPSA) is 29.3 Å². The van der Waals surface area contributed by atoms with E-state index in [1.54, 1.807) is 6.07 Å². The number of likely N-dealkylation sites (N-methyl/N-ethyl adjacent to an activating group) is 1. The van der Waals surface area contributed by atoms with Gasteiger partial charge in [0.2, 0.25) is 0 Å². The summed E-state index contributed by atoms with van der Waals surface area (Å²) in [7, 11) is 2.04. The number of hydrogen-bond acceptors (Lipinski definition) is 2. The summed E-state index contributed by atoms with van der Waals surface area (Å²) in [5.74, 6) is -0.107. The zero-order valence-electron chi connectivity index (χ0n) is 9.25.